The first-order valence-electron chi connectivity index (χ1n) is 8.99. The van der Waals surface area contributed by atoms with Crippen LogP contribution in [0.15, 0.2) is 24.3 Å². The van der Waals surface area contributed by atoms with Gasteiger partial charge in [0, 0.05) is 30.6 Å². The third kappa shape index (κ3) is 5.89. The summed E-state index contributed by atoms with van der Waals surface area (Å²) in [6, 6.07) is 5.96. The molecule has 1 aliphatic heterocycles. The number of carbonyl (C=O) groups excluding carboxylic acids is 2. The molecule has 1 aliphatic rings. The summed E-state index contributed by atoms with van der Waals surface area (Å²) < 4.78 is 0. The van der Waals surface area contributed by atoms with Crippen molar-refractivity contribution in [2.75, 3.05) is 19.6 Å². The van der Waals surface area contributed by atoms with Crippen LogP contribution in [0.4, 0.5) is 0 Å². The standard InChI is InChI=1S/C19H26N4O4/c1-12(19(27)23-8-6-13(7-9-23)10-17(25)26)22-11-16(24)14-2-4-15(5-3-14)18(20)21/h2-5,12-13,22H,6-11H2,1H3,(H3,20,21)(H,25,26)/t12-/m0/s1. The van der Waals surface area contributed by atoms with E-state index in [2.05, 4.69) is 5.32 Å². The summed E-state index contributed by atoms with van der Waals surface area (Å²) in [7, 11) is 0. The van der Waals surface area contributed by atoms with E-state index in [-0.39, 0.29) is 36.4 Å². The molecule has 0 aromatic heterocycles. The molecule has 0 radical (unpaired) electrons. The summed E-state index contributed by atoms with van der Waals surface area (Å²) >= 11 is 0. The van der Waals surface area contributed by atoms with Crippen molar-refractivity contribution in [1.29, 1.82) is 5.41 Å². The maximum absolute atomic E-state index is 12.5. The molecule has 146 valence electrons. The second kappa shape index (κ2) is 9.27. The van der Waals surface area contributed by atoms with Crippen LogP contribution < -0.4 is 11.1 Å². The summed E-state index contributed by atoms with van der Waals surface area (Å²) in [6.07, 6.45) is 1.52. The summed E-state index contributed by atoms with van der Waals surface area (Å²) in [5.41, 5.74) is 6.43. The van der Waals surface area contributed by atoms with Gasteiger partial charge in [0.25, 0.3) is 0 Å². The number of carboxylic acids is 1. The van der Waals surface area contributed by atoms with Gasteiger partial charge in [-0.25, -0.2) is 0 Å². The average Bonchev–Trinajstić information content (AvgIpc) is 2.65. The second-order valence-electron chi connectivity index (χ2n) is 6.88. The molecule has 0 aliphatic carbocycles. The quantitative estimate of drug-likeness (QED) is 0.302. The Balaban J connectivity index is 1.80. The molecule has 1 atom stereocenters. The van der Waals surface area contributed by atoms with Crippen LogP contribution in [0.25, 0.3) is 0 Å². The number of likely N-dealkylation sites (tertiary alicyclic amines) is 1. The van der Waals surface area contributed by atoms with Crippen molar-refractivity contribution in [3.8, 4) is 0 Å². The molecule has 5 N–H and O–H groups in total. The molecule has 0 saturated carbocycles. The van der Waals surface area contributed by atoms with Crippen molar-refractivity contribution >= 4 is 23.5 Å². The lowest BCUT2D eigenvalue weighted by molar-refractivity contribution is -0.139. The minimum atomic E-state index is -0.801. The van der Waals surface area contributed by atoms with Gasteiger partial charge in [0.2, 0.25) is 5.91 Å². The smallest absolute Gasteiger partial charge is 0.303 e. The van der Waals surface area contributed by atoms with Crippen LogP contribution in [0.3, 0.4) is 0 Å². The van der Waals surface area contributed by atoms with Crippen LogP contribution in [0.2, 0.25) is 0 Å². The predicted molar refractivity (Wildman–Crippen MR) is 101 cm³/mol. The molecule has 0 unspecified atom stereocenters. The number of hydrogen-bond acceptors (Lipinski definition) is 5. The number of nitrogens with two attached hydrogens (primary N) is 1. The zero-order chi connectivity index (χ0) is 20.0. The van der Waals surface area contributed by atoms with Gasteiger partial charge >= 0.3 is 5.97 Å². The number of piperidine rings is 1. The molecule has 27 heavy (non-hydrogen) atoms. The van der Waals surface area contributed by atoms with Gasteiger partial charge < -0.3 is 15.7 Å². The SMILES string of the molecule is C[C@H](NCC(=O)c1ccc(C(=N)N)cc1)C(=O)N1CCC(CC(=O)O)CC1. The van der Waals surface area contributed by atoms with Crippen LogP contribution >= 0.6 is 0 Å². The van der Waals surface area contributed by atoms with Gasteiger partial charge in [-0.05, 0) is 25.7 Å². The van der Waals surface area contributed by atoms with Crippen molar-refractivity contribution in [2.45, 2.75) is 32.2 Å². The average molecular weight is 374 g/mol. The van der Waals surface area contributed by atoms with Gasteiger partial charge in [0.15, 0.2) is 5.78 Å². The maximum atomic E-state index is 12.5. The Morgan fingerprint density at radius 1 is 1.22 bits per heavy atom. The number of carbonyl (C=O) groups is 3. The minimum absolute atomic E-state index is 0.0296. The third-order valence-electron chi connectivity index (χ3n) is 4.85. The van der Waals surface area contributed by atoms with Gasteiger partial charge in [-0.15, -0.1) is 0 Å². The molecule has 1 heterocycles. The Bertz CT molecular complexity index is 709. The van der Waals surface area contributed by atoms with Crippen LogP contribution in [-0.2, 0) is 9.59 Å². The molecule has 8 nitrogen and oxygen atoms in total. The monoisotopic (exact) mass is 374 g/mol. The lowest BCUT2D eigenvalue weighted by atomic mass is 9.93. The highest BCUT2D eigenvalue weighted by Crippen LogP contribution is 2.20. The van der Waals surface area contributed by atoms with E-state index in [1.807, 2.05) is 0 Å². The van der Waals surface area contributed by atoms with Crippen LogP contribution in [0.5, 0.6) is 0 Å². The number of benzene rings is 1. The van der Waals surface area contributed by atoms with Gasteiger partial charge in [0.1, 0.15) is 5.84 Å². The molecule has 2 rings (SSSR count). The number of nitrogens with zero attached hydrogens (tertiary/aromatic N) is 1. The minimum Gasteiger partial charge on any atom is -0.481 e. The fourth-order valence-corrected chi connectivity index (χ4v) is 3.15. The highest BCUT2D eigenvalue weighted by Gasteiger charge is 2.27. The highest BCUT2D eigenvalue weighted by molar-refractivity contribution is 6.00. The first-order chi connectivity index (χ1) is 12.8. The predicted octanol–water partition coefficient (Wildman–Crippen LogP) is 0.845. The number of nitrogen functional groups attached to an aromatic ring is 1. The van der Waals surface area contributed by atoms with E-state index in [4.69, 9.17) is 16.2 Å². The lowest BCUT2D eigenvalue weighted by Gasteiger charge is -2.33. The molecule has 1 saturated heterocycles. The number of rotatable bonds is 8. The summed E-state index contributed by atoms with van der Waals surface area (Å²) in [5.74, 6) is -0.967. The normalized spacial score (nSPS) is 16.0. The van der Waals surface area contributed by atoms with Crippen molar-refractivity contribution in [2.24, 2.45) is 11.7 Å². The highest BCUT2D eigenvalue weighted by atomic mass is 16.4. The first kappa shape index (κ1) is 20.6. The van der Waals surface area contributed by atoms with E-state index in [1.165, 1.54) is 0 Å². The Labute approximate surface area is 158 Å². The van der Waals surface area contributed by atoms with E-state index in [9.17, 15) is 14.4 Å². The number of aliphatic carboxylic acids is 1. The van der Waals surface area contributed by atoms with Gasteiger partial charge in [0.05, 0.1) is 12.6 Å². The van der Waals surface area contributed by atoms with E-state index >= 15 is 0 Å². The van der Waals surface area contributed by atoms with E-state index in [0.29, 0.717) is 37.1 Å². The summed E-state index contributed by atoms with van der Waals surface area (Å²) in [4.78, 5) is 37.2. The Morgan fingerprint density at radius 3 is 2.30 bits per heavy atom. The van der Waals surface area contributed by atoms with Gasteiger partial charge in [-0.3, -0.25) is 25.1 Å². The topological polar surface area (TPSA) is 137 Å². The fraction of sp³-hybridized carbons (Fsp3) is 0.474. The zero-order valence-electron chi connectivity index (χ0n) is 15.4. The van der Waals surface area contributed by atoms with Crippen molar-refractivity contribution in [3.05, 3.63) is 35.4 Å². The van der Waals surface area contributed by atoms with Gasteiger partial charge in [-0.1, -0.05) is 24.3 Å². The molecular weight excluding hydrogens is 348 g/mol. The van der Waals surface area contributed by atoms with Crippen LogP contribution in [-0.4, -0.2) is 59.2 Å². The first-order valence-corrected chi connectivity index (χ1v) is 8.99. The third-order valence-corrected chi connectivity index (χ3v) is 4.85. The van der Waals surface area contributed by atoms with Crippen LogP contribution in [0.1, 0.15) is 42.1 Å². The molecular formula is C19H26N4O4. The largest absolute Gasteiger partial charge is 0.481 e. The number of hydrogen-bond donors (Lipinski definition) is 4. The summed E-state index contributed by atoms with van der Waals surface area (Å²) in [5, 5.41) is 19.2. The number of ketones is 1. The molecule has 1 amide bonds. The molecule has 1 aromatic carbocycles. The zero-order valence-corrected chi connectivity index (χ0v) is 15.4. The molecule has 8 heteroatoms. The van der Waals surface area contributed by atoms with Crippen LogP contribution in [0, 0.1) is 11.3 Å². The molecule has 0 spiro atoms. The number of nitrogens with one attached hydrogen (secondary N) is 2. The lowest BCUT2D eigenvalue weighted by Crippen LogP contribution is -2.49. The second-order valence-corrected chi connectivity index (χ2v) is 6.88. The maximum Gasteiger partial charge on any atom is 0.303 e. The van der Waals surface area contributed by atoms with Crippen molar-refractivity contribution < 1.29 is 19.5 Å². The Kier molecular flexibility index (Phi) is 7.06. The Hall–Kier alpha value is -2.74. The molecule has 0 bridgehead atoms. The van der Waals surface area contributed by atoms with E-state index in [1.54, 1.807) is 36.1 Å². The van der Waals surface area contributed by atoms with E-state index < -0.39 is 12.0 Å². The Morgan fingerprint density at radius 2 is 1.78 bits per heavy atom. The van der Waals surface area contributed by atoms with Crippen molar-refractivity contribution in [3.63, 3.8) is 0 Å². The summed E-state index contributed by atoms with van der Waals surface area (Å²) in [6.45, 7) is 2.84. The number of amidine groups is 1. The van der Waals surface area contributed by atoms with Gasteiger partial charge in [-0.2, -0.15) is 0 Å². The number of Topliss-reactive ketones (excluding diaryl/α,β-unsaturated/α-hetero) is 1. The number of amides is 1. The van der Waals surface area contributed by atoms with E-state index in [0.717, 1.165) is 0 Å². The van der Waals surface area contributed by atoms with Crippen molar-refractivity contribution in [1.82, 2.24) is 10.2 Å². The molecule has 1 aromatic rings. The molecule has 1 fully saturated rings. The number of carboxylic acid groups (broad SMARTS) is 1. The fourth-order valence-electron chi connectivity index (χ4n) is 3.15.